The highest BCUT2D eigenvalue weighted by Gasteiger charge is 2.32. The van der Waals surface area contributed by atoms with Gasteiger partial charge in [0, 0.05) is 24.5 Å². The molecule has 5 nitrogen and oxygen atoms in total. The van der Waals surface area contributed by atoms with Crippen molar-refractivity contribution in [3.05, 3.63) is 18.0 Å². The van der Waals surface area contributed by atoms with E-state index >= 15 is 0 Å². The minimum atomic E-state index is -3.42. The number of nitrogens with zero attached hydrogens (tertiary/aromatic N) is 1. The number of H-pyrrole nitrogens is 1. The molecule has 1 aliphatic rings. The fourth-order valence-electron chi connectivity index (χ4n) is 2.49. The first-order chi connectivity index (χ1) is 8.59. The number of aliphatic hydroxyl groups is 1. The Balaban J connectivity index is 2.28. The number of aliphatic hydroxyl groups excluding tert-OH is 1. The molecule has 2 N–H and O–H groups in total. The number of aromatic nitrogens is 1. The molecular formula is C12H20N2O3S. The van der Waals surface area contributed by atoms with Crippen molar-refractivity contribution < 1.29 is 13.5 Å². The summed E-state index contributed by atoms with van der Waals surface area (Å²) in [4.78, 5) is 3.03. The van der Waals surface area contributed by atoms with Crippen LogP contribution < -0.4 is 0 Å². The van der Waals surface area contributed by atoms with Gasteiger partial charge < -0.3 is 10.1 Å². The van der Waals surface area contributed by atoms with E-state index in [1.165, 1.54) is 12.3 Å². The van der Waals surface area contributed by atoms with E-state index in [1.807, 2.05) is 6.92 Å². The highest BCUT2D eigenvalue weighted by molar-refractivity contribution is 7.89. The molecule has 6 heteroatoms. The van der Waals surface area contributed by atoms with Crippen LogP contribution in [0.5, 0.6) is 0 Å². The lowest BCUT2D eigenvalue weighted by Crippen LogP contribution is -2.43. The van der Waals surface area contributed by atoms with Crippen LogP contribution in [0.3, 0.4) is 0 Å². The Morgan fingerprint density at radius 2 is 2.28 bits per heavy atom. The van der Waals surface area contributed by atoms with E-state index in [0.29, 0.717) is 12.2 Å². The lowest BCUT2D eigenvalue weighted by atomic mass is 10.0. The van der Waals surface area contributed by atoms with Crippen LogP contribution in [0.15, 0.2) is 17.2 Å². The van der Waals surface area contributed by atoms with Crippen molar-refractivity contribution >= 4 is 10.0 Å². The third kappa shape index (κ3) is 2.46. The lowest BCUT2D eigenvalue weighted by molar-refractivity contribution is 0.246. The largest absolute Gasteiger partial charge is 0.390 e. The lowest BCUT2D eigenvalue weighted by Gasteiger charge is -2.33. The predicted molar refractivity (Wildman–Crippen MR) is 68.5 cm³/mol. The summed E-state index contributed by atoms with van der Waals surface area (Å²) in [6.07, 6.45) is 5.26. The van der Waals surface area contributed by atoms with Gasteiger partial charge >= 0.3 is 0 Å². The average Bonchev–Trinajstić information content (AvgIpc) is 2.88. The van der Waals surface area contributed by atoms with Gasteiger partial charge in [-0.2, -0.15) is 4.31 Å². The molecule has 1 aromatic heterocycles. The van der Waals surface area contributed by atoms with Crippen molar-refractivity contribution in [3.63, 3.8) is 0 Å². The van der Waals surface area contributed by atoms with Crippen molar-refractivity contribution in [3.8, 4) is 0 Å². The maximum Gasteiger partial charge on any atom is 0.244 e. The van der Waals surface area contributed by atoms with Gasteiger partial charge in [0.2, 0.25) is 10.0 Å². The first-order valence-electron chi connectivity index (χ1n) is 6.39. The van der Waals surface area contributed by atoms with Crippen LogP contribution in [-0.2, 0) is 16.6 Å². The first-order valence-corrected chi connectivity index (χ1v) is 7.83. The van der Waals surface area contributed by atoms with Crippen LogP contribution in [0.2, 0.25) is 0 Å². The van der Waals surface area contributed by atoms with Gasteiger partial charge in [-0.15, -0.1) is 0 Å². The third-order valence-electron chi connectivity index (χ3n) is 3.54. The number of aromatic amines is 1. The number of nitrogens with one attached hydrogen (secondary N) is 1. The molecule has 2 heterocycles. The van der Waals surface area contributed by atoms with Crippen LogP contribution in [0, 0.1) is 0 Å². The molecule has 0 bridgehead atoms. The molecule has 0 aliphatic carbocycles. The molecule has 0 saturated carbocycles. The van der Waals surface area contributed by atoms with Crippen molar-refractivity contribution in [1.82, 2.24) is 9.29 Å². The van der Waals surface area contributed by atoms with Gasteiger partial charge in [-0.05, 0) is 25.3 Å². The topological polar surface area (TPSA) is 73.4 Å². The fourth-order valence-corrected chi connectivity index (χ4v) is 4.28. The normalized spacial score (nSPS) is 22.2. The SMILES string of the molecule is CCC1CCCCN1S(=O)(=O)c1c[nH]c(CO)c1. The van der Waals surface area contributed by atoms with Gasteiger partial charge in [-0.3, -0.25) is 0 Å². The minimum absolute atomic E-state index is 0.108. The van der Waals surface area contributed by atoms with Crippen molar-refractivity contribution in [1.29, 1.82) is 0 Å². The van der Waals surface area contributed by atoms with Crippen LogP contribution in [0.1, 0.15) is 38.3 Å². The molecule has 1 atom stereocenters. The van der Waals surface area contributed by atoms with Gasteiger partial charge in [0.25, 0.3) is 0 Å². The molecule has 1 aromatic rings. The van der Waals surface area contributed by atoms with Gasteiger partial charge in [0.05, 0.1) is 11.5 Å². The maximum absolute atomic E-state index is 12.5. The van der Waals surface area contributed by atoms with Gasteiger partial charge in [0.1, 0.15) is 0 Å². The molecule has 2 rings (SSSR count). The molecular weight excluding hydrogens is 252 g/mol. The molecule has 0 spiro atoms. The summed E-state index contributed by atoms with van der Waals surface area (Å²) in [5.41, 5.74) is 0.527. The van der Waals surface area contributed by atoms with E-state index in [9.17, 15) is 8.42 Å². The Labute approximate surface area is 108 Å². The summed E-state index contributed by atoms with van der Waals surface area (Å²) >= 11 is 0. The second-order valence-electron chi connectivity index (χ2n) is 4.69. The molecule has 0 radical (unpaired) electrons. The number of hydrogen-bond donors (Lipinski definition) is 2. The van der Waals surface area contributed by atoms with Crippen LogP contribution in [-0.4, -0.2) is 35.4 Å². The molecule has 102 valence electrons. The zero-order valence-corrected chi connectivity index (χ0v) is 11.4. The molecule has 18 heavy (non-hydrogen) atoms. The quantitative estimate of drug-likeness (QED) is 0.871. The molecule has 1 saturated heterocycles. The zero-order valence-electron chi connectivity index (χ0n) is 10.6. The highest BCUT2D eigenvalue weighted by Crippen LogP contribution is 2.27. The summed E-state index contributed by atoms with van der Waals surface area (Å²) in [5.74, 6) is 0. The first kappa shape index (κ1) is 13.6. The minimum Gasteiger partial charge on any atom is -0.390 e. The Bertz CT molecular complexity index is 495. The fraction of sp³-hybridized carbons (Fsp3) is 0.667. The second kappa shape index (κ2) is 5.42. The number of sulfonamides is 1. The Morgan fingerprint density at radius 1 is 1.50 bits per heavy atom. The highest BCUT2D eigenvalue weighted by atomic mass is 32.2. The van der Waals surface area contributed by atoms with Crippen molar-refractivity contribution in [2.24, 2.45) is 0 Å². The van der Waals surface area contributed by atoms with E-state index in [-0.39, 0.29) is 17.5 Å². The number of rotatable bonds is 4. The van der Waals surface area contributed by atoms with E-state index < -0.39 is 10.0 Å². The Morgan fingerprint density at radius 3 is 2.89 bits per heavy atom. The van der Waals surface area contributed by atoms with Gasteiger partial charge in [-0.1, -0.05) is 13.3 Å². The zero-order chi connectivity index (χ0) is 13.2. The average molecular weight is 272 g/mol. The second-order valence-corrected chi connectivity index (χ2v) is 6.58. The number of piperidine rings is 1. The predicted octanol–water partition coefficient (Wildman–Crippen LogP) is 1.46. The van der Waals surface area contributed by atoms with Crippen LogP contribution >= 0.6 is 0 Å². The van der Waals surface area contributed by atoms with E-state index in [4.69, 9.17) is 5.11 Å². The maximum atomic E-state index is 12.5. The van der Waals surface area contributed by atoms with E-state index in [2.05, 4.69) is 4.98 Å². The van der Waals surface area contributed by atoms with E-state index in [0.717, 1.165) is 25.7 Å². The van der Waals surface area contributed by atoms with Crippen LogP contribution in [0.4, 0.5) is 0 Å². The van der Waals surface area contributed by atoms with Gasteiger partial charge in [-0.25, -0.2) is 8.42 Å². The summed E-state index contributed by atoms with van der Waals surface area (Å²) < 4.78 is 26.6. The number of hydrogen-bond acceptors (Lipinski definition) is 3. The third-order valence-corrected chi connectivity index (χ3v) is 5.47. The summed E-state index contributed by atoms with van der Waals surface area (Å²) in [5, 5.41) is 8.99. The molecule has 0 aromatic carbocycles. The molecule has 1 aliphatic heterocycles. The monoisotopic (exact) mass is 272 g/mol. The van der Waals surface area contributed by atoms with Crippen molar-refractivity contribution in [2.45, 2.75) is 50.2 Å². The molecule has 1 fully saturated rings. The van der Waals surface area contributed by atoms with Crippen molar-refractivity contribution in [2.75, 3.05) is 6.54 Å². The summed E-state index contributed by atoms with van der Waals surface area (Å²) in [6.45, 7) is 2.45. The molecule has 1 unspecified atom stereocenters. The summed E-state index contributed by atoms with van der Waals surface area (Å²) in [7, 11) is -3.42. The van der Waals surface area contributed by atoms with Crippen LogP contribution in [0.25, 0.3) is 0 Å². The summed E-state index contributed by atoms with van der Waals surface area (Å²) in [6, 6.07) is 1.62. The molecule has 0 amide bonds. The Hall–Kier alpha value is -0.850. The smallest absolute Gasteiger partial charge is 0.244 e. The van der Waals surface area contributed by atoms with Gasteiger partial charge in [0.15, 0.2) is 0 Å². The standard InChI is InChI=1S/C12H20N2O3S/c1-2-11-5-3-4-6-14(11)18(16,17)12-7-10(9-15)13-8-12/h7-8,11,13,15H,2-6,9H2,1H3. The van der Waals surface area contributed by atoms with E-state index in [1.54, 1.807) is 4.31 Å². The Kier molecular flexibility index (Phi) is 4.09.